The summed E-state index contributed by atoms with van der Waals surface area (Å²) in [6.07, 6.45) is 6.20. The largest absolute Gasteiger partial charge is 0.488 e. The lowest BCUT2D eigenvalue weighted by atomic mass is 9.95. The highest BCUT2D eigenvalue weighted by atomic mass is 16.5. The number of hydrazone groups is 1. The fourth-order valence-corrected chi connectivity index (χ4v) is 4.34. The van der Waals surface area contributed by atoms with Crippen molar-refractivity contribution in [2.45, 2.75) is 39.2 Å². The van der Waals surface area contributed by atoms with Crippen LogP contribution in [0.15, 0.2) is 71.8 Å². The number of nitrogens with one attached hydrogen (secondary N) is 2. The normalized spacial score (nSPS) is 13.2. The Labute approximate surface area is 193 Å². The number of rotatable bonds is 6. The maximum absolute atomic E-state index is 12.7. The summed E-state index contributed by atoms with van der Waals surface area (Å²) in [4.78, 5) is 16.2. The molecule has 0 bridgehead atoms. The first-order valence-electron chi connectivity index (χ1n) is 11.4. The molecular formula is C28H27N3O2. The maximum Gasteiger partial charge on any atom is 0.271 e. The topological polar surface area (TPSA) is 66.5 Å². The molecule has 1 aliphatic carbocycles. The number of amides is 1. The summed E-state index contributed by atoms with van der Waals surface area (Å²) in [5.41, 5.74) is 10.2. The van der Waals surface area contributed by atoms with Gasteiger partial charge in [-0.25, -0.2) is 5.43 Å². The molecule has 3 aromatic carbocycles. The number of nitrogens with zero attached hydrogens (tertiary/aromatic N) is 1. The van der Waals surface area contributed by atoms with Gasteiger partial charge in [-0.2, -0.15) is 5.10 Å². The summed E-state index contributed by atoms with van der Waals surface area (Å²) in [6, 6.07) is 21.7. The van der Waals surface area contributed by atoms with Crippen molar-refractivity contribution in [1.82, 2.24) is 10.4 Å². The second-order valence-corrected chi connectivity index (χ2v) is 8.56. The lowest BCUT2D eigenvalue weighted by Crippen LogP contribution is -2.17. The van der Waals surface area contributed by atoms with Crippen molar-refractivity contribution in [3.8, 4) is 5.75 Å². The number of H-pyrrole nitrogens is 1. The maximum atomic E-state index is 12.7. The molecule has 4 aromatic rings. The smallest absolute Gasteiger partial charge is 0.271 e. The quantitative estimate of drug-likeness (QED) is 0.300. The van der Waals surface area contributed by atoms with Gasteiger partial charge in [0.2, 0.25) is 0 Å². The summed E-state index contributed by atoms with van der Waals surface area (Å²) < 4.78 is 5.99. The van der Waals surface area contributed by atoms with Crippen LogP contribution < -0.4 is 10.2 Å². The van der Waals surface area contributed by atoms with E-state index in [0.29, 0.717) is 12.2 Å². The number of hydrogen-bond acceptors (Lipinski definition) is 3. The first kappa shape index (κ1) is 21.0. The summed E-state index contributed by atoms with van der Waals surface area (Å²) in [6.45, 7) is 2.54. The summed E-state index contributed by atoms with van der Waals surface area (Å²) in [7, 11) is 0. The molecule has 0 aliphatic heterocycles. The third kappa shape index (κ3) is 4.67. The Morgan fingerprint density at radius 3 is 2.76 bits per heavy atom. The molecule has 33 heavy (non-hydrogen) atoms. The molecule has 0 atom stereocenters. The molecule has 0 unspecified atom stereocenters. The predicted molar refractivity (Wildman–Crippen MR) is 132 cm³/mol. The van der Waals surface area contributed by atoms with Crippen LogP contribution >= 0.6 is 0 Å². The van der Waals surface area contributed by atoms with E-state index in [9.17, 15) is 4.79 Å². The summed E-state index contributed by atoms with van der Waals surface area (Å²) >= 11 is 0. The molecule has 1 heterocycles. The average molecular weight is 438 g/mol. The van der Waals surface area contributed by atoms with Gasteiger partial charge in [0.25, 0.3) is 5.91 Å². The Bertz CT molecular complexity index is 1320. The monoisotopic (exact) mass is 437 g/mol. The van der Waals surface area contributed by atoms with E-state index in [4.69, 9.17) is 4.74 Å². The average Bonchev–Trinajstić information content (AvgIpc) is 3.22. The molecule has 0 saturated heterocycles. The summed E-state index contributed by atoms with van der Waals surface area (Å²) in [5.74, 6) is 0.494. The lowest BCUT2D eigenvalue weighted by Gasteiger charge is -2.10. The molecule has 5 heteroatoms. The zero-order chi connectivity index (χ0) is 22.6. The number of carbonyl (C=O) groups is 1. The predicted octanol–water partition coefficient (Wildman–Crippen LogP) is 5.70. The second kappa shape index (κ2) is 9.33. The third-order valence-corrected chi connectivity index (χ3v) is 6.16. The van der Waals surface area contributed by atoms with E-state index in [1.807, 2.05) is 42.5 Å². The highest BCUT2D eigenvalue weighted by molar-refractivity contribution is 5.99. The van der Waals surface area contributed by atoms with Crippen LogP contribution in [0.1, 0.15) is 51.1 Å². The highest BCUT2D eigenvalue weighted by Crippen LogP contribution is 2.29. The van der Waals surface area contributed by atoms with E-state index in [1.54, 1.807) is 6.21 Å². The van der Waals surface area contributed by atoms with Gasteiger partial charge in [-0.05, 0) is 74.1 Å². The van der Waals surface area contributed by atoms with Gasteiger partial charge < -0.3 is 9.72 Å². The van der Waals surface area contributed by atoms with Gasteiger partial charge in [0.1, 0.15) is 12.4 Å². The van der Waals surface area contributed by atoms with Crippen LogP contribution in [0.2, 0.25) is 0 Å². The van der Waals surface area contributed by atoms with Crippen LogP contribution in [-0.2, 0) is 19.4 Å². The number of benzene rings is 3. The molecular weight excluding hydrogens is 410 g/mol. The number of carbonyl (C=O) groups excluding carboxylic acids is 1. The lowest BCUT2D eigenvalue weighted by molar-refractivity contribution is 0.0955. The third-order valence-electron chi connectivity index (χ3n) is 6.16. The van der Waals surface area contributed by atoms with Crippen molar-refractivity contribution in [2.75, 3.05) is 0 Å². The zero-order valence-corrected chi connectivity index (χ0v) is 18.7. The van der Waals surface area contributed by atoms with Gasteiger partial charge in [-0.15, -0.1) is 0 Å². The van der Waals surface area contributed by atoms with Crippen molar-refractivity contribution >= 4 is 23.0 Å². The van der Waals surface area contributed by atoms with Crippen molar-refractivity contribution < 1.29 is 9.53 Å². The van der Waals surface area contributed by atoms with Gasteiger partial charge in [-0.3, -0.25) is 4.79 Å². The number of aromatic amines is 1. The second-order valence-electron chi connectivity index (χ2n) is 8.56. The molecule has 0 radical (unpaired) electrons. The van der Waals surface area contributed by atoms with E-state index in [-0.39, 0.29) is 5.91 Å². The molecule has 1 aromatic heterocycles. The fraction of sp³-hybridized carbons (Fsp3) is 0.214. The zero-order valence-electron chi connectivity index (χ0n) is 18.7. The van der Waals surface area contributed by atoms with Crippen molar-refractivity contribution in [1.29, 1.82) is 0 Å². The molecule has 0 saturated carbocycles. The van der Waals surface area contributed by atoms with Gasteiger partial charge in [0, 0.05) is 27.7 Å². The number of hydrogen-bond donors (Lipinski definition) is 2. The standard InChI is InChI=1S/C28H27N3O2/c1-19-10-12-20(13-11-19)18-33-27-9-5-2-6-22(27)17-29-31-28(32)21-14-15-26-24(16-21)23-7-3-4-8-25(23)30-26/h2,5-6,9-17,30H,3-4,7-8,18H2,1H3,(H,31,32)/b29-17+. The molecule has 0 fully saturated rings. The number of ether oxygens (including phenoxy) is 1. The minimum Gasteiger partial charge on any atom is -0.488 e. The Hall–Kier alpha value is -3.86. The van der Waals surface area contributed by atoms with Crippen LogP contribution in [0.4, 0.5) is 0 Å². The molecule has 5 nitrogen and oxygen atoms in total. The van der Waals surface area contributed by atoms with Crippen molar-refractivity contribution in [2.24, 2.45) is 5.10 Å². The van der Waals surface area contributed by atoms with Gasteiger partial charge >= 0.3 is 0 Å². The fourth-order valence-electron chi connectivity index (χ4n) is 4.34. The van der Waals surface area contributed by atoms with E-state index in [1.165, 1.54) is 29.7 Å². The van der Waals surface area contributed by atoms with E-state index < -0.39 is 0 Å². The van der Waals surface area contributed by atoms with Gasteiger partial charge in [0.05, 0.1) is 6.21 Å². The number of fused-ring (bicyclic) bond motifs is 3. The van der Waals surface area contributed by atoms with Crippen molar-refractivity contribution in [3.63, 3.8) is 0 Å². The van der Waals surface area contributed by atoms with Crippen molar-refractivity contribution in [3.05, 3.63) is 100 Å². The van der Waals surface area contributed by atoms with Crippen LogP contribution in [0, 0.1) is 6.92 Å². The van der Waals surface area contributed by atoms with E-state index >= 15 is 0 Å². The first-order chi connectivity index (χ1) is 16.2. The van der Waals surface area contributed by atoms with Crippen LogP contribution in [0.25, 0.3) is 10.9 Å². The first-order valence-corrected chi connectivity index (χ1v) is 11.4. The van der Waals surface area contributed by atoms with Crippen LogP contribution in [-0.4, -0.2) is 17.1 Å². The van der Waals surface area contributed by atoms with Crippen LogP contribution in [0.5, 0.6) is 5.75 Å². The molecule has 0 spiro atoms. The number of aryl methyl sites for hydroxylation is 3. The Balaban J connectivity index is 1.26. The van der Waals surface area contributed by atoms with E-state index in [2.05, 4.69) is 46.7 Å². The Morgan fingerprint density at radius 1 is 1.06 bits per heavy atom. The van der Waals surface area contributed by atoms with Gasteiger partial charge in [-0.1, -0.05) is 42.0 Å². The molecule has 1 amide bonds. The molecule has 166 valence electrons. The minimum atomic E-state index is -0.225. The van der Waals surface area contributed by atoms with Gasteiger partial charge in [0.15, 0.2) is 0 Å². The molecule has 2 N–H and O–H groups in total. The highest BCUT2D eigenvalue weighted by Gasteiger charge is 2.16. The summed E-state index contributed by atoms with van der Waals surface area (Å²) in [5, 5.41) is 5.34. The SMILES string of the molecule is Cc1ccc(COc2ccccc2/C=N/NC(=O)c2ccc3[nH]c4c(c3c2)CCCC4)cc1. The van der Waals surface area contributed by atoms with Crippen LogP contribution in [0.3, 0.4) is 0 Å². The van der Waals surface area contributed by atoms with E-state index in [0.717, 1.165) is 40.6 Å². The molecule has 1 aliphatic rings. The number of para-hydroxylation sites is 1. The minimum absolute atomic E-state index is 0.225. The molecule has 5 rings (SSSR count). The number of aromatic nitrogens is 1. The Morgan fingerprint density at radius 2 is 1.88 bits per heavy atom. The Kier molecular flexibility index (Phi) is 5.94.